The Balaban J connectivity index is 1.82. The summed E-state index contributed by atoms with van der Waals surface area (Å²) in [6.07, 6.45) is 2.90. The number of benzene rings is 1. The molecule has 2 heterocycles. The number of nitrogen functional groups attached to an aromatic ring is 1. The van der Waals surface area contributed by atoms with E-state index in [1.165, 1.54) is 18.3 Å². The standard InChI is InChI=1S/C38H60N6O6S/c1-10-25(5)33(42-37(49)38(7)16-11-17-43(38)8)36(48)44(9)31(23(2)3)20-32(50-26(6)46)35-41-30(22-51-35)34(47)40-29(18-24(4)21-45)19-27-12-14-28(39)15-13-27/h12-15,22-25,29,31-33,45H,10-11,16-21,39H2,1-9H3,(H,40,47)(H,42,49)/t24-,25-,29+,31+,32+,33-,38+/m0/s1. The quantitative estimate of drug-likeness (QED) is 0.127. The van der Waals surface area contributed by atoms with Gasteiger partial charge < -0.3 is 31.1 Å². The molecule has 13 heteroatoms. The number of nitrogens with one attached hydrogen (secondary N) is 2. The second-order valence-electron chi connectivity index (χ2n) is 14.9. The number of hydrogen-bond donors (Lipinski definition) is 4. The third-order valence-corrected chi connectivity index (χ3v) is 11.4. The highest BCUT2D eigenvalue weighted by Crippen LogP contribution is 2.32. The van der Waals surface area contributed by atoms with E-state index >= 15 is 0 Å². The first-order valence-electron chi connectivity index (χ1n) is 18.2. The molecule has 1 aliphatic heterocycles. The molecule has 0 aliphatic carbocycles. The summed E-state index contributed by atoms with van der Waals surface area (Å²) in [4.78, 5) is 62.0. The van der Waals surface area contributed by atoms with Crippen molar-refractivity contribution in [3.63, 3.8) is 0 Å². The maximum absolute atomic E-state index is 14.2. The number of carbonyl (C=O) groups is 4. The lowest BCUT2D eigenvalue weighted by molar-refractivity contribution is -0.149. The van der Waals surface area contributed by atoms with Gasteiger partial charge in [0.05, 0.1) is 5.54 Å². The van der Waals surface area contributed by atoms with Crippen molar-refractivity contribution in [2.75, 3.05) is 33.0 Å². The van der Waals surface area contributed by atoms with Crippen LogP contribution in [-0.2, 0) is 25.5 Å². The van der Waals surface area contributed by atoms with Crippen molar-refractivity contribution in [2.24, 2.45) is 17.8 Å². The lowest BCUT2D eigenvalue weighted by Gasteiger charge is -2.38. The van der Waals surface area contributed by atoms with Gasteiger partial charge in [0.2, 0.25) is 11.8 Å². The third kappa shape index (κ3) is 11.2. The number of aliphatic hydroxyl groups excluding tert-OH is 1. The second kappa shape index (κ2) is 18.8. The predicted molar refractivity (Wildman–Crippen MR) is 201 cm³/mol. The Labute approximate surface area is 307 Å². The average molecular weight is 729 g/mol. The van der Waals surface area contributed by atoms with E-state index in [1.807, 2.05) is 77.8 Å². The number of likely N-dealkylation sites (N-methyl/N-ethyl adjacent to an activating group) is 2. The number of rotatable bonds is 18. The summed E-state index contributed by atoms with van der Waals surface area (Å²) >= 11 is 1.22. The van der Waals surface area contributed by atoms with Crippen molar-refractivity contribution < 1.29 is 29.0 Å². The molecule has 1 aliphatic rings. The Bertz CT molecular complexity index is 1470. The Kier molecular flexibility index (Phi) is 15.4. The third-order valence-electron chi connectivity index (χ3n) is 10.5. The van der Waals surface area contributed by atoms with E-state index in [9.17, 15) is 24.3 Å². The van der Waals surface area contributed by atoms with Gasteiger partial charge >= 0.3 is 5.97 Å². The largest absolute Gasteiger partial charge is 0.455 e. The number of carbonyl (C=O) groups excluding carboxylic acids is 4. The van der Waals surface area contributed by atoms with Gasteiger partial charge in [-0.15, -0.1) is 11.3 Å². The normalized spacial score (nSPS) is 19.8. The summed E-state index contributed by atoms with van der Waals surface area (Å²) in [5.41, 5.74) is 7.03. The number of esters is 1. The van der Waals surface area contributed by atoms with Crippen molar-refractivity contribution in [2.45, 2.75) is 117 Å². The minimum Gasteiger partial charge on any atom is -0.455 e. The first-order valence-corrected chi connectivity index (χ1v) is 19.1. The number of amides is 3. The number of nitrogens with two attached hydrogens (primary N) is 1. The molecule has 1 fully saturated rings. The zero-order chi connectivity index (χ0) is 38.0. The zero-order valence-electron chi connectivity index (χ0n) is 31.9. The van der Waals surface area contributed by atoms with Crippen LogP contribution in [0.4, 0.5) is 5.69 Å². The van der Waals surface area contributed by atoms with Crippen molar-refractivity contribution in [3.8, 4) is 0 Å². The van der Waals surface area contributed by atoms with Gasteiger partial charge in [0.15, 0.2) is 6.10 Å². The predicted octanol–water partition coefficient (Wildman–Crippen LogP) is 4.58. The minimum absolute atomic E-state index is 0.00577. The molecule has 12 nitrogen and oxygen atoms in total. The fourth-order valence-corrected chi connectivity index (χ4v) is 7.57. The van der Waals surface area contributed by atoms with Gasteiger partial charge in [-0.25, -0.2) is 4.98 Å². The monoisotopic (exact) mass is 728 g/mol. The minimum atomic E-state index is -0.806. The van der Waals surface area contributed by atoms with Gasteiger partial charge in [0.25, 0.3) is 5.91 Å². The number of aromatic nitrogens is 1. The van der Waals surface area contributed by atoms with Crippen LogP contribution in [0.25, 0.3) is 0 Å². The highest BCUT2D eigenvalue weighted by atomic mass is 32.1. The molecule has 1 aromatic carbocycles. The molecule has 3 amide bonds. The molecule has 0 unspecified atom stereocenters. The Morgan fingerprint density at radius 3 is 2.33 bits per heavy atom. The Morgan fingerprint density at radius 1 is 1.12 bits per heavy atom. The average Bonchev–Trinajstić information content (AvgIpc) is 3.72. The molecule has 3 rings (SSSR count). The van der Waals surface area contributed by atoms with Gasteiger partial charge in [0, 0.05) is 50.2 Å². The highest BCUT2D eigenvalue weighted by Gasteiger charge is 2.44. The first-order chi connectivity index (χ1) is 24.0. The lowest BCUT2D eigenvalue weighted by Crippen LogP contribution is -2.60. The maximum atomic E-state index is 14.2. The molecular formula is C38H60N6O6S. The van der Waals surface area contributed by atoms with E-state index in [0.29, 0.717) is 30.0 Å². The van der Waals surface area contributed by atoms with Gasteiger partial charge in [0.1, 0.15) is 16.7 Å². The molecule has 284 valence electrons. The molecule has 0 bridgehead atoms. The van der Waals surface area contributed by atoms with Crippen LogP contribution in [0.5, 0.6) is 0 Å². The summed E-state index contributed by atoms with van der Waals surface area (Å²) in [6, 6.07) is 6.11. The maximum Gasteiger partial charge on any atom is 0.303 e. The van der Waals surface area contributed by atoms with Crippen LogP contribution in [0.1, 0.15) is 108 Å². The molecular weight excluding hydrogens is 669 g/mol. The molecule has 0 radical (unpaired) electrons. The number of ether oxygens (including phenoxy) is 1. The second-order valence-corrected chi connectivity index (χ2v) is 15.8. The summed E-state index contributed by atoms with van der Waals surface area (Å²) in [5, 5.41) is 18.0. The number of nitrogens with zero attached hydrogens (tertiary/aromatic N) is 3. The fourth-order valence-electron chi connectivity index (χ4n) is 6.73. The molecule has 51 heavy (non-hydrogen) atoms. The van der Waals surface area contributed by atoms with Crippen LogP contribution in [0.15, 0.2) is 29.6 Å². The number of hydrogen-bond acceptors (Lipinski definition) is 10. The van der Waals surface area contributed by atoms with Crippen LogP contribution in [-0.4, -0.2) is 94.5 Å². The molecule has 0 spiro atoms. The zero-order valence-corrected chi connectivity index (χ0v) is 32.7. The molecule has 0 saturated carbocycles. The van der Waals surface area contributed by atoms with E-state index < -0.39 is 23.7 Å². The SMILES string of the molecule is CC[C@H](C)[C@H](NC(=O)[C@@]1(C)CCCN1C)C(=O)N(C)[C@H](C[C@@H](OC(C)=O)c1nc(C(=O)N[C@@H](Cc2ccc(N)cc2)C[C@H](C)CO)cs1)C(C)C. The van der Waals surface area contributed by atoms with Crippen LogP contribution in [0.3, 0.4) is 0 Å². The van der Waals surface area contributed by atoms with Crippen molar-refractivity contribution >= 4 is 40.7 Å². The van der Waals surface area contributed by atoms with Crippen LogP contribution in [0, 0.1) is 17.8 Å². The first kappa shape index (κ1) is 41.9. The molecule has 1 saturated heterocycles. The topological polar surface area (TPSA) is 167 Å². The summed E-state index contributed by atoms with van der Waals surface area (Å²) < 4.78 is 5.79. The van der Waals surface area contributed by atoms with E-state index in [0.717, 1.165) is 24.9 Å². The van der Waals surface area contributed by atoms with Crippen LogP contribution >= 0.6 is 11.3 Å². The highest BCUT2D eigenvalue weighted by molar-refractivity contribution is 7.09. The summed E-state index contributed by atoms with van der Waals surface area (Å²) in [6.45, 7) is 14.0. The van der Waals surface area contributed by atoms with Gasteiger partial charge in [-0.1, -0.05) is 53.2 Å². The van der Waals surface area contributed by atoms with Crippen molar-refractivity contribution in [1.82, 2.24) is 25.4 Å². The van der Waals surface area contributed by atoms with Crippen LogP contribution in [0.2, 0.25) is 0 Å². The number of anilines is 1. The summed E-state index contributed by atoms with van der Waals surface area (Å²) in [5.74, 6) is -1.40. The molecule has 7 atom stereocenters. The summed E-state index contributed by atoms with van der Waals surface area (Å²) in [7, 11) is 3.67. The Hall–Kier alpha value is -3.55. The van der Waals surface area contributed by atoms with E-state index in [2.05, 4.69) is 15.6 Å². The van der Waals surface area contributed by atoms with Crippen LogP contribution < -0.4 is 16.4 Å². The van der Waals surface area contributed by atoms with Gasteiger partial charge in [-0.3, -0.25) is 24.1 Å². The smallest absolute Gasteiger partial charge is 0.303 e. The molecule has 1 aromatic heterocycles. The van der Waals surface area contributed by atoms with E-state index in [1.54, 1.807) is 17.3 Å². The van der Waals surface area contributed by atoms with Crippen molar-refractivity contribution in [1.29, 1.82) is 0 Å². The molecule has 5 N–H and O–H groups in total. The Morgan fingerprint density at radius 2 is 1.78 bits per heavy atom. The lowest BCUT2D eigenvalue weighted by atomic mass is 9.91. The van der Waals surface area contributed by atoms with E-state index in [-0.39, 0.29) is 66.3 Å². The molecule has 2 aromatic rings. The number of likely N-dealkylation sites (tertiary alicyclic amines) is 1. The van der Waals surface area contributed by atoms with Crippen molar-refractivity contribution in [3.05, 3.63) is 45.9 Å². The fraction of sp³-hybridized carbons (Fsp3) is 0.658. The van der Waals surface area contributed by atoms with Gasteiger partial charge in [-0.05, 0) is 81.6 Å². The number of aliphatic hydroxyl groups is 1. The number of thiazole rings is 1. The van der Waals surface area contributed by atoms with E-state index in [4.69, 9.17) is 10.5 Å². The van der Waals surface area contributed by atoms with Gasteiger partial charge in [-0.2, -0.15) is 0 Å².